The molecule has 33 nitrogen and oxygen atoms in total. The maximum atomic E-state index is 13.2. The third-order valence-corrected chi connectivity index (χ3v) is 11.2. The van der Waals surface area contributed by atoms with Gasteiger partial charge in [0.05, 0.1) is 13.2 Å². The summed E-state index contributed by atoms with van der Waals surface area (Å²) >= 11 is 0. The van der Waals surface area contributed by atoms with E-state index in [0.29, 0.717) is 12.8 Å². The van der Waals surface area contributed by atoms with E-state index in [0.717, 1.165) is 32.1 Å². The largest absolute Gasteiger partial charge is 1.00 e. The van der Waals surface area contributed by atoms with Crippen molar-refractivity contribution in [3.05, 3.63) is 0 Å². The number of unbranched alkanes of at least 4 members (excludes halogenated alkanes) is 8. The third-order valence-electron chi connectivity index (χ3n) is 8.17. The van der Waals surface area contributed by atoms with Crippen molar-refractivity contribution in [2.75, 3.05) is 19.8 Å². The van der Waals surface area contributed by atoms with Gasteiger partial charge in [0.25, 0.3) is 0 Å². The van der Waals surface area contributed by atoms with E-state index in [-0.39, 0.29) is 220 Å². The fraction of sp³-hybridized carbons (Fsp3) is 0.958. The van der Waals surface area contributed by atoms with Crippen molar-refractivity contribution in [1.29, 1.82) is 0 Å². The minimum absolute atomic E-state index is 0. The zero-order valence-electron chi connectivity index (χ0n) is 39.1. The molecule has 0 bridgehead atoms. The van der Waals surface area contributed by atoms with E-state index in [4.69, 9.17) is 18.9 Å². The number of ether oxygens (including phenoxy) is 4. The molecular formula is C24H37Na7O33S7. The molecule has 2 saturated heterocycles. The second-order valence-corrected chi connectivity index (χ2v) is 20.2. The van der Waals surface area contributed by atoms with Gasteiger partial charge in [0, 0.05) is 6.42 Å². The van der Waals surface area contributed by atoms with Crippen LogP contribution in [0.15, 0.2) is 0 Å². The molecule has 2 fully saturated rings. The van der Waals surface area contributed by atoms with E-state index in [2.05, 4.69) is 29.3 Å². The van der Waals surface area contributed by atoms with E-state index in [1.807, 2.05) is 6.92 Å². The Bertz CT molecular complexity index is 2370. The van der Waals surface area contributed by atoms with Crippen LogP contribution in [0.25, 0.3) is 0 Å². The van der Waals surface area contributed by atoms with Crippen LogP contribution in [0, 0.1) is 0 Å². The van der Waals surface area contributed by atoms with Crippen molar-refractivity contribution in [2.24, 2.45) is 0 Å². The summed E-state index contributed by atoms with van der Waals surface area (Å²) < 4.78 is 295. The molecule has 0 aliphatic carbocycles. The average Bonchev–Trinajstić information content (AvgIpc) is 3.34. The van der Waals surface area contributed by atoms with Crippen molar-refractivity contribution < 1.29 is 351 Å². The van der Waals surface area contributed by atoms with Gasteiger partial charge in [-0.2, -0.15) is 0 Å². The second-order valence-electron chi connectivity index (χ2n) is 13.1. The normalized spacial score (nSPS) is 25.0. The van der Waals surface area contributed by atoms with Crippen LogP contribution in [0.3, 0.4) is 0 Å². The van der Waals surface area contributed by atoms with Crippen LogP contribution >= 0.6 is 0 Å². The first-order valence-electron chi connectivity index (χ1n) is 17.5. The van der Waals surface area contributed by atoms with Crippen molar-refractivity contribution in [3.63, 3.8) is 0 Å². The second kappa shape index (κ2) is 38.3. The SMILES string of the molecule is CCCCCCCCCCCC(=O)O[C@H]1[C@@H](O[C@]2(COS(=O)(=O)[O-])O[C@H](COS(=O)(=O)[O-])[C@@H](OS(=O)(=O)[O-])[C@@H]2OS(=O)(=O)[O-])O[C@H](COS(=O)(=O)[O-])[C@@H](OS(=O)(=O)[O-])[C@@H]1OS(=O)(=O)[O-].[Na+].[Na+].[Na+].[Na+].[Na+].[Na+].[Na+]. The van der Waals surface area contributed by atoms with Crippen LogP contribution in [0.1, 0.15) is 71.1 Å². The number of rotatable bonds is 30. The number of hydrogen-bond donors (Lipinski definition) is 0. The molecule has 0 spiro atoms. The molecule has 2 rings (SSSR count). The third kappa shape index (κ3) is 38.0. The fourth-order valence-electron chi connectivity index (χ4n) is 5.89. The summed E-state index contributed by atoms with van der Waals surface area (Å²) in [5, 5.41) is 0. The molecule has 2 heterocycles. The van der Waals surface area contributed by atoms with E-state index >= 15 is 0 Å². The quantitative estimate of drug-likeness (QED) is 0.0212. The first-order valence-corrected chi connectivity index (χ1v) is 26.8. The van der Waals surface area contributed by atoms with Gasteiger partial charge in [-0.05, 0) is 6.42 Å². The molecule has 380 valence electrons. The minimum Gasteiger partial charge on any atom is -0.726 e. The summed E-state index contributed by atoms with van der Waals surface area (Å²) in [6.07, 6.45) is -20.1. The zero-order valence-corrected chi connectivity index (χ0v) is 58.9. The number of carbonyl (C=O) groups excluding carboxylic acids is 1. The maximum absolute atomic E-state index is 13.2. The zero-order chi connectivity index (χ0) is 49.2. The molecule has 0 saturated carbocycles. The Morgan fingerprint density at radius 3 is 1.25 bits per heavy atom. The maximum Gasteiger partial charge on any atom is 1.00 e. The van der Waals surface area contributed by atoms with Crippen molar-refractivity contribution in [3.8, 4) is 0 Å². The molecule has 0 radical (unpaired) electrons. The van der Waals surface area contributed by atoms with Crippen LogP contribution in [0.5, 0.6) is 0 Å². The Balaban J connectivity index is -0.00000151. The number of carbonyl (C=O) groups is 1. The van der Waals surface area contributed by atoms with Crippen LogP contribution in [0.4, 0.5) is 0 Å². The molecule has 71 heavy (non-hydrogen) atoms. The Morgan fingerprint density at radius 2 is 0.845 bits per heavy atom. The van der Waals surface area contributed by atoms with Crippen LogP contribution in [-0.4, -0.2) is 171 Å². The summed E-state index contributed by atoms with van der Waals surface area (Å²) in [6.45, 7) is -4.34. The van der Waals surface area contributed by atoms with Gasteiger partial charge >= 0.3 is 213 Å². The first kappa shape index (κ1) is 87.7. The summed E-state index contributed by atoms with van der Waals surface area (Å²) in [6, 6.07) is 0. The molecule has 0 aromatic carbocycles. The monoisotopic (exact) mass is 1240 g/mol. The van der Waals surface area contributed by atoms with Crippen LogP contribution < -0.4 is 207 Å². The molecule has 0 aromatic heterocycles. The van der Waals surface area contributed by atoms with Crippen LogP contribution in [-0.2, 0) is 126 Å². The minimum atomic E-state index is -6.49. The van der Waals surface area contributed by atoms with Gasteiger partial charge in [0.15, 0.2) is 12.2 Å². The Hall–Kier alpha value is 5.44. The van der Waals surface area contributed by atoms with Gasteiger partial charge in [-0.3, -0.25) is 34.1 Å². The van der Waals surface area contributed by atoms with Gasteiger partial charge < -0.3 is 50.8 Å². The smallest absolute Gasteiger partial charge is 0.726 e. The van der Waals surface area contributed by atoms with E-state index in [9.17, 15) is 95.6 Å². The van der Waals surface area contributed by atoms with Crippen LogP contribution in [0.2, 0.25) is 0 Å². The molecule has 2 aliphatic rings. The molecule has 47 heteroatoms. The predicted octanol–water partition coefficient (Wildman–Crippen LogP) is -25.5. The molecule has 0 unspecified atom stereocenters. The fourth-order valence-corrected chi connectivity index (χ4v) is 8.80. The first-order chi connectivity index (χ1) is 28.9. The molecule has 9 atom stereocenters. The average molecular weight is 1240 g/mol. The van der Waals surface area contributed by atoms with E-state index < -0.39 is 160 Å². The van der Waals surface area contributed by atoms with Gasteiger partial charge in [-0.1, -0.05) is 58.3 Å². The summed E-state index contributed by atoms with van der Waals surface area (Å²) in [7, 11) is -43.6. The van der Waals surface area contributed by atoms with Crippen molar-refractivity contribution in [2.45, 2.75) is 126 Å². The predicted molar refractivity (Wildman–Crippen MR) is 184 cm³/mol. The molecule has 0 aromatic rings. The molecule has 0 amide bonds. The topological polar surface area (TPSA) is 519 Å². The Labute approximate surface area is 565 Å². The molecular weight excluding hydrogens is 1200 g/mol. The van der Waals surface area contributed by atoms with Crippen molar-refractivity contribution >= 4 is 78.8 Å². The number of esters is 1. The summed E-state index contributed by atoms with van der Waals surface area (Å²) in [4.78, 5) is 13.2. The molecule has 2 aliphatic heterocycles. The summed E-state index contributed by atoms with van der Waals surface area (Å²) in [5.41, 5.74) is 0. The summed E-state index contributed by atoms with van der Waals surface area (Å²) in [5.74, 6) is -5.67. The van der Waals surface area contributed by atoms with Gasteiger partial charge in [-0.25, -0.2) is 58.9 Å². The van der Waals surface area contributed by atoms with E-state index in [1.165, 1.54) is 0 Å². The Kier molecular flexibility index (Phi) is 47.3. The van der Waals surface area contributed by atoms with Gasteiger partial charge in [-0.15, -0.1) is 0 Å². The molecule has 0 N–H and O–H groups in total. The van der Waals surface area contributed by atoms with Crippen molar-refractivity contribution in [1.82, 2.24) is 0 Å². The Morgan fingerprint density at radius 1 is 0.465 bits per heavy atom. The number of hydrogen-bond acceptors (Lipinski definition) is 33. The van der Waals surface area contributed by atoms with Gasteiger partial charge in [0.2, 0.25) is 84.9 Å². The standard InChI is InChI=1S/C24H44O33S7.7Na/c1-2-3-4-5-6-7-8-9-10-11-17(25)51-21-20(56-63(41,42)43)18(54-61(35,36)37)15(12-47-58(26,27)28)50-23(21)53-24(14-49-60(32,33)34)22(57-64(44,45)46)19(55-62(38,39)40)16(52-24)13-48-59(29,30)31;;;;;;;/h15-16,18-23H,2-14H2,1H3,(H,26,27,28)(H,29,30,31)(H,32,33,34)(H,35,36,37)(H,38,39,40)(H,41,42,43)(H,44,45,46);;;;;;;/q;7*+1/p-7/t15-,16-,18-,19-,20+,21-,22+,23-,24+;;;;;;;/m1......./s1. The van der Waals surface area contributed by atoms with Gasteiger partial charge in [0.1, 0.15) is 37.1 Å². The van der Waals surface area contributed by atoms with E-state index in [1.54, 1.807) is 0 Å².